The average Bonchev–Trinajstić information content (AvgIpc) is 2.74. The Kier molecular flexibility index (Phi) is 7.99. The maximum absolute atomic E-state index is 6.48. The molecule has 0 radical (unpaired) electrons. The molecule has 1 fully saturated rings. The zero-order valence-corrected chi connectivity index (χ0v) is 17.7. The van der Waals surface area contributed by atoms with Gasteiger partial charge in [-0.25, -0.2) is 0 Å². The van der Waals surface area contributed by atoms with E-state index in [2.05, 4.69) is 41.5 Å². The summed E-state index contributed by atoms with van der Waals surface area (Å²) in [5.74, 6) is 1.53. The first-order chi connectivity index (χ1) is 13.7. The Morgan fingerprint density at radius 2 is 1.79 bits per heavy atom. The van der Waals surface area contributed by atoms with Gasteiger partial charge >= 0.3 is 0 Å². The van der Waals surface area contributed by atoms with Crippen LogP contribution in [0.3, 0.4) is 0 Å². The minimum absolute atomic E-state index is 0.474. The van der Waals surface area contributed by atoms with Crippen LogP contribution in [0.15, 0.2) is 36.5 Å². The van der Waals surface area contributed by atoms with Gasteiger partial charge in [0.25, 0.3) is 0 Å². The average molecular weight is 403 g/mol. The van der Waals surface area contributed by atoms with Crippen molar-refractivity contribution in [3.63, 3.8) is 0 Å². The number of aryl methyl sites for hydroxylation is 1. The maximum Gasteiger partial charge on any atom is 0.119 e. The first kappa shape index (κ1) is 20.9. The Labute approximate surface area is 173 Å². The standard InChI is InChI=1S/C23H31ClN2O2/c1-3-21-23(24)22(13-14-25-21)26-19-9-5-17(6-10-19)18-7-11-20(12-8-18)28-16-15-27-4-2/h7-8,11-14,17,19H,3-6,9-10,15-16H2,1-2H3,(H,25,26)/t17-,19+. The topological polar surface area (TPSA) is 43.4 Å². The van der Waals surface area contributed by atoms with Crippen molar-refractivity contribution >= 4 is 17.3 Å². The summed E-state index contributed by atoms with van der Waals surface area (Å²) in [6.45, 7) is 6.04. The van der Waals surface area contributed by atoms with Gasteiger partial charge in [-0.15, -0.1) is 0 Å². The molecule has 1 heterocycles. The summed E-state index contributed by atoms with van der Waals surface area (Å²) < 4.78 is 11.0. The van der Waals surface area contributed by atoms with E-state index in [1.165, 1.54) is 18.4 Å². The summed E-state index contributed by atoms with van der Waals surface area (Å²) in [5.41, 5.74) is 3.39. The van der Waals surface area contributed by atoms with Crippen LogP contribution in [0.5, 0.6) is 5.75 Å². The number of hydrogen-bond donors (Lipinski definition) is 1. The summed E-state index contributed by atoms with van der Waals surface area (Å²) in [5, 5.41) is 4.41. The smallest absolute Gasteiger partial charge is 0.119 e. The third-order valence-electron chi connectivity index (χ3n) is 5.44. The minimum Gasteiger partial charge on any atom is -0.491 e. The molecule has 28 heavy (non-hydrogen) atoms. The zero-order valence-electron chi connectivity index (χ0n) is 16.9. The first-order valence-corrected chi connectivity index (χ1v) is 10.8. The Morgan fingerprint density at radius 3 is 2.46 bits per heavy atom. The van der Waals surface area contributed by atoms with E-state index in [-0.39, 0.29) is 0 Å². The van der Waals surface area contributed by atoms with Gasteiger partial charge in [-0.2, -0.15) is 0 Å². The van der Waals surface area contributed by atoms with Crippen molar-refractivity contribution in [2.24, 2.45) is 0 Å². The molecule has 0 bridgehead atoms. The lowest BCUT2D eigenvalue weighted by molar-refractivity contribution is 0.110. The van der Waals surface area contributed by atoms with Crippen molar-refractivity contribution in [2.45, 2.75) is 57.9 Å². The van der Waals surface area contributed by atoms with Gasteiger partial charge in [-0.05, 0) is 68.7 Å². The summed E-state index contributed by atoms with van der Waals surface area (Å²) in [4.78, 5) is 4.35. The van der Waals surface area contributed by atoms with Gasteiger partial charge in [0.15, 0.2) is 0 Å². The molecule has 0 aliphatic heterocycles. The van der Waals surface area contributed by atoms with Gasteiger partial charge in [-0.1, -0.05) is 30.7 Å². The highest BCUT2D eigenvalue weighted by molar-refractivity contribution is 6.33. The Hall–Kier alpha value is -1.78. The number of nitrogens with zero attached hydrogens (tertiary/aromatic N) is 1. The molecule has 5 heteroatoms. The molecular formula is C23H31ClN2O2. The number of pyridine rings is 1. The van der Waals surface area contributed by atoms with E-state index in [1.807, 2.05) is 19.2 Å². The van der Waals surface area contributed by atoms with Crippen LogP contribution in [0.2, 0.25) is 5.02 Å². The highest BCUT2D eigenvalue weighted by Gasteiger charge is 2.23. The third-order valence-corrected chi connectivity index (χ3v) is 5.86. The molecule has 0 saturated heterocycles. The molecule has 1 aromatic carbocycles. The number of ether oxygens (including phenoxy) is 2. The lowest BCUT2D eigenvalue weighted by Gasteiger charge is -2.30. The Morgan fingerprint density at radius 1 is 1.04 bits per heavy atom. The highest BCUT2D eigenvalue weighted by atomic mass is 35.5. The molecule has 0 amide bonds. The molecule has 1 aliphatic rings. The molecule has 1 N–H and O–H groups in total. The number of benzene rings is 1. The summed E-state index contributed by atoms with van der Waals surface area (Å²) in [6, 6.07) is 11.0. The van der Waals surface area contributed by atoms with E-state index in [1.54, 1.807) is 0 Å². The fourth-order valence-electron chi connectivity index (χ4n) is 3.84. The summed E-state index contributed by atoms with van der Waals surface area (Å²) in [6.07, 6.45) is 7.37. The SMILES string of the molecule is CCOCCOc1ccc([C@H]2CC[C@@H](Nc3ccnc(CC)c3Cl)CC2)cc1. The number of anilines is 1. The molecule has 1 aromatic heterocycles. The van der Waals surface area contributed by atoms with Crippen molar-refractivity contribution in [3.8, 4) is 5.75 Å². The normalized spacial score (nSPS) is 19.4. The van der Waals surface area contributed by atoms with Crippen LogP contribution in [0.1, 0.15) is 56.7 Å². The maximum atomic E-state index is 6.48. The van der Waals surface area contributed by atoms with Gasteiger partial charge < -0.3 is 14.8 Å². The quantitative estimate of drug-likeness (QED) is 0.534. The highest BCUT2D eigenvalue weighted by Crippen LogP contribution is 2.35. The molecule has 0 unspecified atom stereocenters. The molecule has 152 valence electrons. The fourth-order valence-corrected chi connectivity index (χ4v) is 4.13. The van der Waals surface area contributed by atoms with Gasteiger partial charge in [0.2, 0.25) is 0 Å². The molecule has 4 nitrogen and oxygen atoms in total. The lowest BCUT2D eigenvalue weighted by Crippen LogP contribution is -2.25. The van der Waals surface area contributed by atoms with Crippen LogP contribution in [0, 0.1) is 0 Å². The second-order valence-electron chi connectivity index (χ2n) is 7.28. The van der Waals surface area contributed by atoms with Gasteiger partial charge in [0.05, 0.1) is 23.0 Å². The predicted octanol–water partition coefficient (Wildman–Crippen LogP) is 5.85. The monoisotopic (exact) mass is 402 g/mol. The van der Waals surface area contributed by atoms with Crippen molar-refractivity contribution in [3.05, 3.63) is 52.8 Å². The molecule has 0 atom stereocenters. The fraction of sp³-hybridized carbons (Fsp3) is 0.522. The van der Waals surface area contributed by atoms with Crippen molar-refractivity contribution in [1.82, 2.24) is 4.98 Å². The van der Waals surface area contributed by atoms with Gasteiger partial charge in [0.1, 0.15) is 12.4 Å². The van der Waals surface area contributed by atoms with E-state index in [4.69, 9.17) is 21.1 Å². The second kappa shape index (κ2) is 10.7. The molecule has 3 rings (SSSR count). The zero-order chi connectivity index (χ0) is 19.8. The van der Waals surface area contributed by atoms with Crippen molar-refractivity contribution in [2.75, 3.05) is 25.1 Å². The molecule has 2 aromatic rings. The van der Waals surface area contributed by atoms with Gasteiger partial charge in [-0.3, -0.25) is 4.98 Å². The second-order valence-corrected chi connectivity index (χ2v) is 7.66. The van der Waals surface area contributed by atoms with Crippen LogP contribution in [0.25, 0.3) is 0 Å². The van der Waals surface area contributed by atoms with Crippen LogP contribution in [-0.4, -0.2) is 30.8 Å². The van der Waals surface area contributed by atoms with E-state index in [9.17, 15) is 0 Å². The number of hydrogen-bond acceptors (Lipinski definition) is 4. The Balaban J connectivity index is 1.48. The van der Waals surface area contributed by atoms with Crippen LogP contribution >= 0.6 is 11.6 Å². The molecule has 1 saturated carbocycles. The van der Waals surface area contributed by atoms with E-state index >= 15 is 0 Å². The Bertz CT molecular complexity index is 728. The molecular weight excluding hydrogens is 372 g/mol. The molecule has 0 spiro atoms. The van der Waals surface area contributed by atoms with E-state index in [0.29, 0.717) is 25.2 Å². The van der Waals surface area contributed by atoms with E-state index < -0.39 is 0 Å². The van der Waals surface area contributed by atoms with Crippen LogP contribution in [-0.2, 0) is 11.2 Å². The van der Waals surface area contributed by atoms with Crippen molar-refractivity contribution < 1.29 is 9.47 Å². The predicted molar refractivity (Wildman–Crippen MR) is 116 cm³/mol. The lowest BCUT2D eigenvalue weighted by atomic mass is 9.81. The van der Waals surface area contributed by atoms with Crippen LogP contribution in [0.4, 0.5) is 5.69 Å². The number of halogens is 1. The number of nitrogens with one attached hydrogen (secondary N) is 1. The minimum atomic E-state index is 0.474. The number of aromatic nitrogens is 1. The number of rotatable bonds is 9. The van der Waals surface area contributed by atoms with Crippen molar-refractivity contribution in [1.29, 1.82) is 0 Å². The summed E-state index contributed by atoms with van der Waals surface area (Å²) >= 11 is 6.48. The summed E-state index contributed by atoms with van der Waals surface area (Å²) in [7, 11) is 0. The van der Waals surface area contributed by atoms with Crippen LogP contribution < -0.4 is 10.1 Å². The molecule has 1 aliphatic carbocycles. The largest absolute Gasteiger partial charge is 0.491 e. The first-order valence-electron chi connectivity index (χ1n) is 10.4. The van der Waals surface area contributed by atoms with E-state index in [0.717, 1.165) is 48.0 Å². The third kappa shape index (κ3) is 5.62. The van der Waals surface area contributed by atoms with Gasteiger partial charge in [0, 0.05) is 18.8 Å².